The first-order chi connectivity index (χ1) is 5.04. The van der Waals surface area contributed by atoms with Crippen LogP contribution in [0.5, 0.6) is 0 Å². The Kier molecular flexibility index (Phi) is 20.9. The Hall–Kier alpha value is 0.272. The number of hydrogen-bond acceptors (Lipinski definition) is 5. The van der Waals surface area contributed by atoms with Crippen LogP contribution >= 0.6 is 0 Å². The minimum absolute atomic E-state index is 0. The fourth-order valence-electron chi connectivity index (χ4n) is 0.307. The van der Waals surface area contributed by atoms with Crippen LogP contribution in [0.4, 0.5) is 0 Å². The molecule has 0 spiro atoms. The molecule has 0 heterocycles. The molecule has 0 aromatic rings. The Bertz CT molecular complexity index is 98.8. The van der Waals surface area contributed by atoms with E-state index < -0.39 is 5.97 Å². The molecule has 0 atom stereocenters. The van der Waals surface area contributed by atoms with Crippen LogP contribution in [-0.4, -0.2) is 63.2 Å². The molecule has 0 aromatic heterocycles. The molecule has 0 saturated heterocycles. The van der Waals surface area contributed by atoms with Gasteiger partial charge in [0.05, 0.1) is 0 Å². The van der Waals surface area contributed by atoms with E-state index in [9.17, 15) is 0 Å². The van der Waals surface area contributed by atoms with E-state index in [0.717, 1.165) is 6.92 Å². The van der Waals surface area contributed by atoms with Crippen LogP contribution in [0.2, 0.25) is 0 Å². The maximum absolute atomic E-state index is 8.89. The van der Waals surface area contributed by atoms with Gasteiger partial charge in [0.1, 0.15) is 0 Å². The fourth-order valence-corrected chi connectivity index (χ4v) is 0.307. The third-order valence-electron chi connectivity index (χ3n) is 0.752. The standard InChI is InChI=1S/C4H12N2O.C2H4O2.Pb/c1-2-6(7)4-3-5;1-2(3)4;/h7H,2-5H2,1H3;1H3,(H,3,4);/p-1. The van der Waals surface area contributed by atoms with Crippen molar-refractivity contribution in [1.29, 1.82) is 0 Å². The molecule has 0 aliphatic rings. The summed E-state index contributed by atoms with van der Waals surface area (Å²) >= 11 is 0. The Morgan fingerprint density at radius 2 is 2.00 bits per heavy atom. The monoisotopic (exact) mass is 371 g/mol. The van der Waals surface area contributed by atoms with Crippen LogP contribution in [0.3, 0.4) is 0 Å². The molecule has 0 unspecified atom stereocenters. The number of carboxylic acids is 1. The minimum atomic E-state index is -1.08. The van der Waals surface area contributed by atoms with Crippen molar-refractivity contribution in [3.8, 4) is 0 Å². The number of hydrogen-bond donors (Lipinski definition) is 2. The van der Waals surface area contributed by atoms with Gasteiger partial charge in [-0.1, -0.05) is 6.92 Å². The smallest absolute Gasteiger partial charge is 0.0383 e. The quantitative estimate of drug-likeness (QED) is 0.445. The molecule has 0 aliphatic heterocycles. The molecule has 0 fully saturated rings. The molecular formula is C6H15N2O3Pb-. The van der Waals surface area contributed by atoms with Gasteiger partial charge in [-0.15, -0.1) is 0 Å². The van der Waals surface area contributed by atoms with E-state index in [1.807, 2.05) is 6.92 Å². The molecule has 6 heteroatoms. The Morgan fingerprint density at radius 3 is 2.08 bits per heavy atom. The number of nitrogens with two attached hydrogens (primary N) is 1. The number of rotatable bonds is 3. The van der Waals surface area contributed by atoms with Crippen LogP contribution in [0, 0.1) is 0 Å². The van der Waals surface area contributed by atoms with E-state index in [-0.39, 0.29) is 27.3 Å². The molecule has 4 radical (unpaired) electrons. The molecule has 0 bridgehead atoms. The number of aliphatic carboxylic acids is 1. The number of hydroxylamine groups is 2. The zero-order valence-corrected chi connectivity index (χ0v) is 11.3. The van der Waals surface area contributed by atoms with E-state index in [0.29, 0.717) is 19.6 Å². The summed E-state index contributed by atoms with van der Waals surface area (Å²) < 4.78 is 0. The van der Waals surface area contributed by atoms with Gasteiger partial charge in [-0.25, -0.2) is 0 Å². The zero-order valence-electron chi connectivity index (χ0n) is 7.41. The summed E-state index contributed by atoms with van der Waals surface area (Å²) in [6.45, 7) is 4.58. The number of carboxylic acid groups (broad SMARTS) is 1. The van der Waals surface area contributed by atoms with E-state index in [1.54, 1.807) is 0 Å². The predicted molar refractivity (Wildman–Crippen MR) is 44.5 cm³/mol. The number of carbonyl (C=O) groups excluding carboxylic acids is 1. The summed E-state index contributed by atoms with van der Waals surface area (Å²) in [6.07, 6.45) is 0. The van der Waals surface area contributed by atoms with Gasteiger partial charge in [0, 0.05) is 52.9 Å². The van der Waals surface area contributed by atoms with E-state index in [4.69, 9.17) is 20.8 Å². The molecule has 12 heavy (non-hydrogen) atoms. The normalized spacial score (nSPS) is 8.08. The fraction of sp³-hybridized carbons (Fsp3) is 0.833. The molecule has 72 valence electrons. The van der Waals surface area contributed by atoms with Gasteiger partial charge < -0.3 is 20.8 Å². The van der Waals surface area contributed by atoms with Crippen LogP contribution in [0.25, 0.3) is 0 Å². The van der Waals surface area contributed by atoms with Gasteiger partial charge in [-0.05, 0) is 6.92 Å². The predicted octanol–water partition coefficient (Wildman–Crippen LogP) is -1.97. The largest absolute Gasteiger partial charge is 0.550 e. The minimum Gasteiger partial charge on any atom is -0.550 e. The van der Waals surface area contributed by atoms with Crippen molar-refractivity contribution in [1.82, 2.24) is 5.06 Å². The molecule has 0 aliphatic carbocycles. The molecule has 0 aromatic carbocycles. The second kappa shape index (κ2) is 13.8. The molecule has 0 amide bonds. The zero-order chi connectivity index (χ0) is 9.28. The van der Waals surface area contributed by atoms with Crippen LogP contribution < -0.4 is 10.8 Å². The van der Waals surface area contributed by atoms with Crippen LogP contribution in [-0.2, 0) is 4.79 Å². The number of carbonyl (C=O) groups is 1. The molecule has 0 rings (SSSR count). The first kappa shape index (κ1) is 18.1. The van der Waals surface area contributed by atoms with Crippen molar-refractivity contribution in [3.05, 3.63) is 0 Å². The van der Waals surface area contributed by atoms with E-state index in [1.165, 1.54) is 5.06 Å². The Labute approximate surface area is 92.7 Å². The average Bonchev–Trinajstić information content (AvgIpc) is 1.87. The maximum Gasteiger partial charge on any atom is 0.0383 e. The van der Waals surface area contributed by atoms with Crippen molar-refractivity contribution < 1.29 is 15.1 Å². The molecule has 0 saturated carbocycles. The van der Waals surface area contributed by atoms with Crippen molar-refractivity contribution >= 4 is 33.3 Å². The third kappa shape index (κ3) is 31.8. The summed E-state index contributed by atoms with van der Waals surface area (Å²) in [5.74, 6) is -1.08. The molecule has 3 N–H and O–H groups in total. The van der Waals surface area contributed by atoms with Crippen molar-refractivity contribution in [2.75, 3.05) is 19.6 Å². The van der Waals surface area contributed by atoms with Gasteiger partial charge in [0.15, 0.2) is 0 Å². The summed E-state index contributed by atoms with van der Waals surface area (Å²) in [6, 6.07) is 0. The number of likely N-dealkylation sites (N-methyl/N-ethyl adjacent to an activating group) is 1. The van der Waals surface area contributed by atoms with Gasteiger partial charge in [0.25, 0.3) is 0 Å². The van der Waals surface area contributed by atoms with Gasteiger partial charge >= 0.3 is 0 Å². The summed E-state index contributed by atoms with van der Waals surface area (Å²) in [7, 11) is 0. The van der Waals surface area contributed by atoms with Crippen molar-refractivity contribution in [2.24, 2.45) is 5.73 Å². The topological polar surface area (TPSA) is 89.6 Å². The third-order valence-corrected chi connectivity index (χ3v) is 0.752. The average molecular weight is 370 g/mol. The maximum atomic E-state index is 8.89. The van der Waals surface area contributed by atoms with Crippen LogP contribution in [0.15, 0.2) is 0 Å². The SMILES string of the molecule is CC(=O)[O-].CCN(O)CCN.[Pb]. The first-order valence-electron chi connectivity index (χ1n) is 3.36. The van der Waals surface area contributed by atoms with E-state index >= 15 is 0 Å². The van der Waals surface area contributed by atoms with Crippen LogP contribution in [0.1, 0.15) is 13.8 Å². The Balaban J connectivity index is -0.000000142. The molecular weight excluding hydrogens is 355 g/mol. The second-order valence-electron chi connectivity index (χ2n) is 1.83. The van der Waals surface area contributed by atoms with Gasteiger partial charge in [-0.2, -0.15) is 5.06 Å². The van der Waals surface area contributed by atoms with Gasteiger partial charge in [-0.3, -0.25) is 0 Å². The van der Waals surface area contributed by atoms with Crippen molar-refractivity contribution in [3.63, 3.8) is 0 Å². The Morgan fingerprint density at radius 1 is 1.67 bits per heavy atom. The number of nitrogens with zero attached hydrogens (tertiary/aromatic N) is 1. The second-order valence-corrected chi connectivity index (χ2v) is 1.83. The first-order valence-corrected chi connectivity index (χ1v) is 3.36. The van der Waals surface area contributed by atoms with E-state index in [2.05, 4.69) is 0 Å². The molecule has 5 nitrogen and oxygen atoms in total. The summed E-state index contributed by atoms with van der Waals surface area (Å²) in [4.78, 5) is 8.89. The van der Waals surface area contributed by atoms with Crippen molar-refractivity contribution in [2.45, 2.75) is 13.8 Å². The van der Waals surface area contributed by atoms with Gasteiger partial charge in [0.2, 0.25) is 0 Å². The summed E-state index contributed by atoms with van der Waals surface area (Å²) in [5.41, 5.74) is 5.10. The summed E-state index contributed by atoms with van der Waals surface area (Å²) in [5, 5.41) is 18.7.